The molecule has 1 aliphatic carbocycles. The molecule has 1 aliphatic heterocycles. The van der Waals surface area contributed by atoms with Gasteiger partial charge in [-0.3, -0.25) is 9.59 Å². The molecular formula is C17H21NO4. The number of hydrogen-bond acceptors (Lipinski definition) is 3. The minimum Gasteiger partial charge on any atom is -0.481 e. The molecule has 2 atom stereocenters. The van der Waals surface area contributed by atoms with Crippen molar-refractivity contribution < 1.29 is 19.4 Å². The van der Waals surface area contributed by atoms with Gasteiger partial charge in [-0.1, -0.05) is 18.6 Å². The highest BCUT2D eigenvalue weighted by Gasteiger charge is 2.55. The molecule has 2 aliphatic rings. The van der Waals surface area contributed by atoms with Crippen LogP contribution in [0.5, 0.6) is 0 Å². The average molecular weight is 303 g/mol. The van der Waals surface area contributed by atoms with Gasteiger partial charge in [-0.15, -0.1) is 0 Å². The van der Waals surface area contributed by atoms with Crippen LogP contribution in [0.25, 0.3) is 0 Å². The predicted octanol–water partition coefficient (Wildman–Crippen LogP) is 2.16. The van der Waals surface area contributed by atoms with E-state index in [1.807, 2.05) is 18.2 Å². The molecule has 3 rings (SSSR count). The first kappa shape index (κ1) is 15.0. The second-order valence-corrected chi connectivity index (χ2v) is 6.37. The predicted molar refractivity (Wildman–Crippen MR) is 80.5 cm³/mol. The molecule has 118 valence electrons. The fourth-order valence-electron chi connectivity index (χ4n) is 3.94. The molecule has 5 heteroatoms. The number of aliphatic carboxylic acids is 1. The van der Waals surface area contributed by atoms with Crippen LogP contribution >= 0.6 is 0 Å². The molecule has 1 heterocycles. The van der Waals surface area contributed by atoms with Crippen LogP contribution in [0.15, 0.2) is 24.3 Å². The van der Waals surface area contributed by atoms with Crippen LogP contribution in [0.4, 0.5) is 0 Å². The van der Waals surface area contributed by atoms with Crippen LogP contribution < -0.4 is 0 Å². The number of hydrogen-bond donors (Lipinski definition) is 1. The second kappa shape index (κ2) is 5.72. The van der Waals surface area contributed by atoms with Gasteiger partial charge in [0.15, 0.2) is 0 Å². The Bertz CT molecular complexity index is 600. The summed E-state index contributed by atoms with van der Waals surface area (Å²) in [5.41, 5.74) is 0.829. The zero-order valence-electron chi connectivity index (χ0n) is 12.7. The summed E-state index contributed by atoms with van der Waals surface area (Å²) in [6.07, 6.45) is 2.53. The molecular weight excluding hydrogens is 282 g/mol. The lowest BCUT2D eigenvalue weighted by atomic mass is 9.81. The van der Waals surface area contributed by atoms with Crippen molar-refractivity contribution in [3.63, 3.8) is 0 Å². The van der Waals surface area contributed by atoms with Crippen molar-refractivity contribution in [2.75, 3.05) is 20.2 Å². The van der Waals surface area contributed by atoms with E-state index in [1.54, 1.807) is 18.1 Å². The third-order valence-corrected chi connectivity index (χ3v) is 5.07. The number of likely N-dealkylation sites (tertiary alicyclic amines) is 1. The van der Waals surface area contributed by atoms with E-state index in [2.05, 4.69) is 0 Å². The minimum atomic E-state index is -0.751. The largest absolute Gasteiger partial charge is 0.481 e. The van der Waals surface area contributed by atoms with E-state index < -0.39 is 11.4 Å². The van der Waals surface area contributed by atoms with Gasteiger partial charge in [-0.2, -0.15) is 0 Å². The summed E-state index contributed by atoms with van der Waals surface area (Å²) in [7, 11) is 1.62. The zero-order valence-corrected chi connectivity index (χ0v) is 12.7. The number of carbonyl (C=O) groups excluding carboxylic acids is 1. The molecule has 1 amide bonds. The van der Waals surface area contributed by atoms with Crippen molar-refractivity contribution in [2.45, 2.75) is 25.9 Å². The number of carbonyl (C=O) groups is 2. The third-order valence-electron chi connectivity index (χ3n) is 5.07. The first-order valence-corrected chi connectivity index (χ1v) is 7.67. The Morgan fingerprint density at radius 1 is 1.45 bits per heavy atom. The van der Waals surface area contributed by atoms with E-state index >= 15 is 0 Å². The van der Waals surface area contributed by atoms with Crippen LogP contribution in [-0.4, -0.2) is 42.1 Å². The van der Waals surface area contributed by atoms with Crippen molar-refractivity contribution in [2.24, 2.45) is 11.3 Å². The molecule has 0 aromatic heterocycles. The van der Waals surface area contributed by atoms with Crippen molar-refractivity contribution >= 4 is 11.9 Å². The van der Waals surface area contributed by atoms with Gasteiger partial charge in [0, 0.05) is 25.8 Å². The fourth-order valence-corrected chi connectivity index (χ4v) is 3.94. The van der Waals surface area contributed by atoms with E-state index in [0.717, 1.165) is 18.4 Å². The standard InChI is InChI=1S/C17H21NO4/c1-22-10-12-4-2-5-13(8-12)15(19)18-9-14-6-3-7-17(14,11-18)16(20)21/h2,4-5,8,14H,3,6-7,9-11H2,1H3,(H,20,21)/t14-,17+/m0/s1. The Kier molecular flexibility index (Phi) is 3.91. The first-order chi connectivity index (χ1) is 10.6. The minimum absolute atomic E-state index is 0.0759. The number of carboxylic acids is 1. The quantitative estimate of drug-likeness (QED) is 0.925. The Labute approximate surface area is 129 Å². The summed E-state index contributed by atoms with van der Waals surface area (Å²) in [5, 5.41) is 9.60. The molecule has 1 N–H and O–H groups in total. The number of fused-ring (bicyclic) bond motifs is 1. The SMILES string of the molecule is COCc1cccc(C(=O)N2C[C@@H]3CCC[C@@]3(C(=O)O)C2)c1. The monoisotopic (exact) mass is 303 g/mol. The molecule has 0 radical (unpaired) electrons. The first-order valence-electron chi connectivity index (χ1n) is 7.67. The number of ether oxygens (including phenoxy) is 1. The van der Waals surface area contributed by atoms with Crippen molar-refractivity contribution in [3.05, 3.63) is 35.4 Å². The lowest BCUT2D eigenvalue weighted by Crippen LogP contribution is -2.37. The third kappa shape index (κ3) is 2.39. The topological polar surface area (TPSA) is 66.8 Å². The normalized spacial score (nSPS) is 27.0. The maximum absolute atomic E-state index is 12.7. The summed E-state index contributed by atoms with van der Waals surface area (Å²) < 4.78 is 5.09. The van der Waals surface area contributed by atoms with Gasteiger partial charge in [0.25, 0.3) is 5.91 Å². The van der Waals surface area contributed by atoms with Crippen LogP contribution in [0.1, 0.15) is 35.2 Å². The molecule has 5 nitrogen and oxygen atoms in total. The van der Waals surface area contributed by atoms with Gasteiger partial charge in [0.05, 0.1) is 12.0 Å². The number of methoxy groups -OCH3 is 1. The molecule has 0 spiro atoms. The number of amides is 1. The van der Waals surface area contributed by atoms with E-state index in [0.29, 0.717) is 31.7 Å². The van der Waals surface area contributed by atoms with Crippen LogP contribution in [0.2, 0.25) is 0 Å². The molecule has 22 heavy (non-hydrogen) atoms. The molecule has 1 saturated carbocycles. The van der Waals surface area contributed by atoms with Crippen LogP contribution in [0, 0.1) is 11.3 Å². The van der Waals surface area contributed by atoms with Crippen molar-refractivity contribution in [1.82, 2.24) is 4.90 Å². The summed E-state index contributed by atoms with van der Waals surface area (Å²) >= 11 is 0. The Hall–Kier alpha value is -1.88. The van der Waals surface area contributed by atoms with Gasteiger partial charge < -0.3 is 14.7 Å². The van der Waals surface area contributed by atoms with E-state index in [4.69, 9.17) is 4.74 Å². The fraction of sp³-hybridized carbons (Fsp3) is 0.529. The molecule has 1 aromatic rings. The molecule has 1 aromatic carbocycles. The molecule has 2 fully saturated rings. The maximum Gasteiger partial charge on any atom is 0.311 e. The number of benzene rings is 1. The lowest BCUT2D eigenvalue weighted by molar-refractivity contribution is -0.149. The van der Waals surface area contributed by atoms with E-state index in [9.17, 15) is 14.7 Å². The van der Waals surface area contributed by atoms with Crippen molar-refractivity contribution in [3.8, 4) is 0 Å². The summed E-state index contributed by atoms with van der Waals surface area (Å²) in [6.45, 7) is 1.35. The molecule has 0 unspecified atom stereocenters. The van der Waals surface area contributed by atoms with E-state index in [-0.39, 0.29) is 11.8 Å². The molecule has 0 bridgehead atoms. The molecule has 1 saturated heterocycles. The Balaban J connectivity index is 1.79. The number of rotatable bonds is 4. The van der Waals surface area contributed by atoms with Crippen LogP contribution in [-0.2, 0) is 16.1 Å². The van der Waals surface area contributed by atoms with Gasteiger partial charge in [0.1, 0.15) is 0 Å². The highest BCUT2D eigenvalue weighted by molar-refractivity contribution is 5.95. The Morgan fingerprint density at radius 2 is 2.27 bits per heavy atom. The smallest absolute Gasteiger partial charge is 0.311 e. The second-order valence-electron chi connectivity index (χ2n) is 6.37. The van der Waals surface area contributed by atoms with Gasteiger partial charge in [-0.05, 0) is 36.5 Å². The number of carboxylic acid groups (broad SMARTS) is 1. The summed E-state index contributed by atoms with van der Waals surface area (Å²) in [5.74, 6) is -0.734. The zero-order chi connectivity index (χ0) is 15.7. The number of nitrogens with zero attached hydrogens (tertiary/aromatic N) is 1. The Morgan fingerprint density at radius 3 is 2.95 bits per heavy atom. The highest BCUT2D eigenvalue weighted by atomic mass is 16.5. The highest BCUT2D eigenvalue weighted by Crippen LogP contribution is 2.49. The van der Waals surface area contributed by atoms with Gasteiger partial charge in [0.2, 0.25) is 0 Å². The lowest BCUT2D eigenvalue weighted by Gasteiger charge is -2.23. The summed E-state index contributed by atoms with van der Waals surface area (Å²) in [4.78, 5) is 26.1. The van der Waals surface area contributed by atoms with Gasteiger partial charge >= 0.3 is 5.97 Å². The van der Waals surface area contributed by atoms with E-state index in [1.165, 1.54) is 0 Å². The summed E-state index contributed by atoms with van der Waals surface area (Å²) in [6, 6.07) is 7.36. The van der Waals surface area contributed by atoms with Crippen molar-refractivity contribution in [1.29, 1.82) is 0 Å². The van der Waals surface area contributed by atoms with Gasteiger partial charge in [-0.25, -0.2) is 0 Å². The maximum atomic E-state index is 12.7. The van der Waals surface area contributed by atoms with Crippen LogP contribution in [0.3, 0.4) is 0 Å². The average Bonchev–Trinajstić information content (AvgIpc) is 3.05.